The minimum atomic E-state index is -0.851. The molecule has 0 radical (unpaired) electrons. The van der Waals surface area contributed by atoms with Gasteiger partial charge >= 0.3 is 5.97 Å². The summed E-state index contributed by atoms with van der Waals surface area (Å²) < 4.78 is 5.47. The number of unbranched alkanes of at least 4 members (excludes halogenated alkanes) is 45. The number of hydrogen-bond acceptors (Lipinski definition) is 5. The Kier molecular flexibility index (Phi) is 60.0. The minimum absolute atomic E-state index is 0.000747. The average Bonchev–Trinajstić information content (AvgIpc) is 3.38. The van der Waals surface area contributed by atoms with Gasteiger partial charge in [0.1, 0.15) is 0 Å². The molecule has 0 heterocycles. The molecule has 0 aromatic rings. The molecule has 1 amide bonds. The smallest absolute Gasteiger partial charge is 0.305 e. The summed E-state index contributed by atoms with van der Waals surface area (Å²) in [5.74, 6) is -0.0741. The Bertz CT molecular complexity index is 1170. The molecule has 6 nitrogen and oxygen atoms in total. The van der Waals surface area contributed by atoms with E-state index in [0.717, 1.165) is 51.4 Å². The molecular formula is C66H125NO5. The normalized spacial score (nSPS) is 12.8. The van der Waals surface area contributed by atoms with E-state index in [1.165, 1.54) is 270 Å². The number of allylic oxidation sites excluding steroid dienone is 5. The van der Waals surface area contributed by atoms with E-state index in [2.05, 4.69) is 43.5 Å². The number of carbonyl (C=O) groups is 2. The first-order chi connectivity index (χ1) is 35.5. The van der Waals surface area contributed by atoms with Gasteiger partial charge in [0, 0.05) is 12.8 Å². The zero-order valence-corrected chi connectivity index (χ0v) is 48.4. The molecule has 3 N–H and O–H groups in total. The van der Waals surface area contributed by atoms with Crippen molar-refractivity contribution in [3.05, 3.63) is 36.5 Å². The zero-order chi connectivity index (χ0) is 52.2. The molecule has 0 aromatic carbocycles. The number of ether oxygens (including phenoxy) is 1. The summed E-state index contributed by atoms with van der Waals surface area (Å²) >= 11 is 0. The van der Waals surface area contributed by atoms with Gasteiger partial charge in [-0.2, -0.15) is 0 Å². The Balaban J connectivity index is 3.46. The largest absolute Gasteiger partial charge is 0.466 e. The standard InChI is InChI=1S/C66H125NO5/c1-3-5-7-9-11-13-15-17-19-20-21-25-28-31-34-38-42-46-50-54-58-64(69)63(62-68)67-65(70)59-55-51-47-43-39-35-32-29-26-23-22-24-27-30-33-37-41-45-49-53-57-61-72-66(71)60-56-52-48-44-40-36-18-16-14-12-10-8-6-4-2/h16,18,23,26,54,58,63-64,68-69H,3-15,17,19-22,24-25,27-53,55-57,59-62H2,1-2H3,(H,67,70)/b18-16-,26-23-,58-54+. The molecule has 0 saturated heterocycles. The summed E-state index contributed by atoms with van der Waals surface area (Å²) in [4.78, 5) is 24.5. The van der Waals surface area contributed by atoms with Gasteiger partial charge in [-0.3, -0.25) is 9.59 Å². The van der Waals surface area contributed by atoms with Gasteiger partial charge < -0.3 is 20.3 Å². The van der Waals surface area contributed by atoms with Crippen LogP contribution in [0.25, 0.3) is 0 Å². The molecule has 0 spiro atoms. The van der Waals surface area contributed by atoms with Crippen LogP contribution in [0, 0.1) is 0 Å². The number of carbonyl (C=O) groups excluding carboxylic acids is 2. The van der Waals surface area contributed by atoms with Crippen LogP contribution in [0.3, 0.4) is 0 Å². The van der Waals surface area contributed by atoms with Crippen LogP contribution >= 0.6 is 0 Å². The highest BCUT2D eigenvalue weighted by Crippen LogP contribution is 2.17. The van der Waals surface area contributed by atoms with Crippen molar-refractivity contribution in [2.75, 3.05) is 13.2 Å². The molecule has 0 aliphatic carbocycles. The van der Waals surface area contributed by atoms with E-state index in [1.54, 1.807) is 6.08 Å². The van der Waals surface area contributed by atoms with Gasteiger partial charge in [-0.05, 0) is 83.5 Å². The van der Waals surface area contributed by atoms with Crippen molar-refractivity contribution in [1.29, 1.82) is 0 Å². The third-order valence-electron chi connectivity index (χ3n) is 14.9. The SMILES string of the molecule is CCCCCCC/C=C\CCCCCCCC(=O)OCCCCCCCCCCCC/C=C\CCCCCCCCCC(=O)NC(CO)C(O)/C=C/CCCCCCCCCCCCCCCCCCCC. The molecule has 0 fully saturated rings. The third-order valence-corrected chi connectivity index (χ3v) is 14.9. The zero-order valence-electron chi connectivity index (χ0n) is 48.4. The Morgan fingerprint density at radius 1 is 0.375 bits per heavy atom. The molecule has 2 unspecified atom stereocenters. The molecular weight excluding hydrogens is 887 g/mol. The Morgan fingerprint density at radius 2 is 0.653 bits per heavy atom. The van der Waals surface area contributed by atoms with E-state index in [9.17, 15) is 19.8 Å². The highest BCUT2D eigenvalue weighted by atomic mass is 16.5. The summed E-state index contributed by atoms with van der Waals surface area (Å²) in [5.41, 5.74) is 0. The van der Waals surface area contributed by atoms with Crippen molar-refractivity contribution in [3.63, 3.8) is 0 Å². The number of esters is 1. The van der Waals surface area contributed by atoms with Crippen molar-refractivity contribution in [1.82, 2.24) is 5.32 Å². The van der Waals surface area contributed by atoms with Crippen LogP contribution in [-0.2, 0) is 14.3 Å². The average molecular weight is 1010 g/mol. The molecule has 0 rings (SSSR count). The lowest BCUT2D eigenvalue weighted by Gasteiger charge is -2.20. The summed E-state index contributed by atoms with van der Waals surface area (Å²) in [6, 6.07) is -0.635. The molecule has 2 atom stereocenters. The van der Waals surface area contributed by atoms with E-state index >= 15 is 0 Å². The lowest BCUT2D eigenvalue weighted by Crippen LogP contribution is -2.45. The van der Waals surface area contributed by atoms with E-state index in [4.69, 9.17) is 4.74 Å². The van der Waals surface area contributed by atoms with Crippen LogP contribution in [0.4, 0.5) is 0 Å². The predicted octanol–water partition coefficient (Wildman–Crippen LogP) is 20.4. The first kappa shape index (κ1) is 70.1. The number of rotatable bonds is 60. The summed E-state index contributed by atoms with van der Waals surface area (Å²) in [6.45, 7) is 4.91. The monoisotopic (exact) mass is 1010 g/mol. The van der Waals surface area contributed by atoms with Gasteiger partial charge in [0.25, 0.3) is 0 Å². The number of hydrogen-bond donors (Lipinski definition) is 3. The van der Waals surface area contributed by atoms with Crippen LogP contribution in [0.2, 0.25) is 0 Å². The molecule has 72 heavy (non-hydrogen) atoms. The van der Waals surface area contributed by atoms with E-state index in [-0.39, 0.29) is 18.5 Å². The number of nitrogens with one attached hydrogen (secondary N) is 1. The van der Waals surface area contributed by atoms with E-state index in [1.807, 2.05) is 6.08 Å². The maximum Gasteiger partial charge on any atom is 0.305 e. The van der Waals surface area contributed by atoms with Crippen LogP contribution < -0.4 is 5.32 Å². The van der Waals surface area contributed by atoms with Gasteiger partial charge in [-0.1, -0.05) is 288 Å². The first-order valence-electron chi connectivity index (χ1n) is 32.3. The van der Waals surface area contributed by atoms with Crippen LogP contribution in [0.15, 0.2) is 36.5 Å². The Labute approximate surface area is 449 Å². The van der Waals surface area contributed by atoms with Crippen LogP contribution in [0.5, 0.6) is 0 Å². The van der Waals surface area contributed by atoms with Gasteiger partial charge in [0.2, 0.25) is 5.91 Å². The summed E-state index contributed by atoms with van der Waals surface area (Å²) in [6.07, 6.45) is 77.6. The van der Waals surface area contributed by atoms with Gasteiger partial charge in [0.05, 0.1) is 25.4 Å². The fourth-order valence-corrected chi connectivity index (χ4v) is 9.92. The number of amides is 1. The van der Waals surface area contributed by atoms with Crippen molar-refractivity contribution in [2.45, 2.75) is 360 Å². The molecule has 0 aliphatic heterocycles. The van der Waals surface area contributed by atoms with E-state index in [0.29, 0.717) is 19.4 Å². The molecule has 0 aliphatic rings. The van der Waals surface area contributed by atoms with Gasteiger partial charge in [0.15, 0.2) is 0 Å². The fourth-order valence-electron chi connectivity index (χ4n) is 9.92. The molecule has 0 saturated carbocycles. The molecule has 0 aromatic heterocycles. The summed E-state index contributed by atoms with van der Waals surface area (Å²) in [7, 11) is 0. The summed E-state index contributed by atoms with van der Waals surface area (Å²) in [5, 5.41) is 23.2. The third kappa shape index (κ3) is 57.4. The highest BCUT2D eigenvalue weighted by Gasteiger charge is 2.18. The second-order valence-corrected chi connectivity index (χ2v) is 22.1. The quantitative estimate of drug-likeness (QED) is 0.0320. The van der Waals surface area contributed by atoms with Crippen LogP contribution in [0.1, 0.15) is 348 Å². The van der Waals surface area contributed by atoms with Crippen molar-refractivity contribution in [2.24, 2.45) is 0 Å². The maximum absolute atomic E-state index is 12.5. The lowest BCUT2D eigenvalue weighted by atomic mass is 10.0. The first-order valence-corrected chi connectivity index (χ1v) is 32.3. The Morgan fingerprint density at radius 3 is 0.986 bits per heavy atom. The van der Waals surface area contributed by atoms with Gasteiger partial charge in [-0.15, -0.1) is 0 Å². The van der Waals surface area contributed by atoms with Crippen molar-refractivity contribution in [3.8, 4) is 0 Å². The Hall–Kier alpha value is -1.92. The molecule has 6 heteroatoms. The second-order valence-electron chi connectivity index (χ2n) is 22.1. The lowest BCUT2D eigenvalue weighted by molar-refractivity contribution is -0.143. The number of aliphatic hydroxyl groups excluding tert-OH is 2. The topological polar surface area (TPSA) is 95.9 Å². The maximum atomic E-state index is 12.5. The minimum Gasteiger partial charge on any atom is -0.466 e. The van der Waals surface area contributed by atoms with Crippen LogP contribution in [-0.4, -0.2) is 47.4 Å². The molecule has 0 bridgehead atoms. The number of aliphatic hydroxyl groups is 2. The van der Waals surface area contributed by atoms with Crippen molar-refractivity contribution >= 4 is 11.9 Å². The predicted molar refractivity (Wildman–Crippen MR) is 315 cm³/mol. The second kappa shape index (κ2) is 61.6. The highest BCUT2D eigenvalue weighted by molar-refractivity contribution is 5.76. The fraction of sp³-hybridized carbons (Fsp3) is 0.879. The van der Waals surface area contributed by atoms with Crippen molar-refractivity contribution < 1.29 is 24.5 Å². The van der Waals surface area contributed by atoms with E-state index < -0.39 is 12.1 Å². The van der Waals surface area contributed by atoms with Gasteiger partial charge in [-0.25, -0.2) is 0 Å². The molecule has 424 valence electrons.